The molecule has 114 valence electrons. The van der Waals surface area contributed by atoms with E-state index >= 15 is 0 Å². The molecule has 0 bridgehead atoms. The summed E-state index contributed by atoms with van der Waals surface area (Å²) in [7, 11) is 0. The summed E-state index contributed by atoms with van der Waals surface area (Å²) in [5.74, 6) is -0.313. The Kier molecular flexibility index (Phi) is 6.38. The van der Waals surface area contributed by atoms with Crippen LogP contribution in [0.3, 0.4) is 0 Å². The van der Waals surface area contributed by atoms with Gasteiger partial charge in [-0.2, -0.15) is 0 Å². The largest absolute Gasteiger partial charge is 0.352 e. The Balaban J connectivity index is 1.75. The molecule has 0 saturated carbocycles. The minimum atomic E-state index is -0.186. The molecule has 0 aliphatic rings. The number of rotatable bonds is 5. The molecule has 0 spiro atoms. The third kappa shape index (κ3) is 5.42. The molecule has 0 radical (unpaired) electrons. The summed E-state index contributed by atoms with van der Waals surface area (Å²) >= 11 is 5.52. The first-order valence-electron chi connectivity index (χ1n) is 6.64. The second-order valence-electron chi connectivity index (χ2n) is 4.57. The standard InChI is InChI=1S/C16H14BrIN2O2/c17-12-3-1-11(2-4-12)16(22)19-10-9-15(21)20-14-7-5-13(18)6-8-14/h1-8H,9-10H2,(H,19,22)(H,20,21). The summed E-state index contributed by atoms with van der Waals surface area (Å²) in [5, 5.41) is 5.52. The van der Waals surface area contributed by atoms with Crippen molar-refractivity contribution in [1.29, 1.82) is 0 Å². The first-order valence-corrected chi connectivity index (χ1v) is 8.51. The van der Waals surface area contributed by atoms with Gasteiger partial charge in [-0.05, 0) is 71.1 Å². The van der Waals surface area contributed by atoms with Gasteiger partial charge in [0.1, 0.15) is 0 Å². The molecule has 2 aromatic carbocycles. The van der Waals surface area contributed by atoms with Crippen LogP contribution in [0.2, 0.25) is 0 Å². The van der Waals surface area contributed by atoms with E-state index in [1.54, 1.807) is 24.3 Å². The summed E-state index contributed by atoms with van der Waals surface area (Å²) in [6.45, 7) is 0.297. The Labute approximate surface area is 151 Å². The molecule has 2 aromatic rings. The fraction of sp³-hybridized carbons (Fsp3) is 0.125. The Morgan fingerprint density at radius 1 is 1.00 bits per heavy atom. The molecule has 4 nitrogen and oxygen atoms in total. The fourth-order valence-electron chi connectivity index (χ4n) is 1.75. The van der Waals surface area contributed by atoms with Crippen LogP contribution in [0.4, 0.5) is 5.69 Å². The second kappa shape index (κ2) is 8.28. The van der Waals surface area contributed by atoms with E-state index in [1.807, 2.05) is 24.3 Å². The molecule has 0 heterocycles. The van der Waals surface area contributed by atoms with Crippen molar-refractivity contribution < 1.29 is 9.59 Å². The molecule has 0 aromatic heterocycles. The fourth-order valence-corrected chi connectivity index (χ4v) is 2.37. The zero-order chi connectivity index (χ0) is 15.9. The van der Waals surface area contributed by atoms with Crippen LogP contribution in [0.15, 0.2) is 53.0 Å². The van der Waals surface area contributed by atoms with Crippen molar-refractivity contribution in [3.8, 4) is 0 Å². The van der Waals surface area contributed by atoms with Crippen LogP contribution in [-0.2, 0) is 4.79 Å². The van der Waals surface area contributed by atoms with E-state index in [0.717, 1.165) is 13.7 Å². The lowest BCUT2D eigenvalue weighted by atomic mass is 10.2. The Bertz CT molecular complexity index is 657. The van der Waals surface area contributed by atoms with Gasteiger partial charge in [0.15, 0.2) is 0 Å². The first-order chi connectivity index (χ1) is 10.5. The number of carbonyl (C=O) groups excluding carboxylic acids is 2. The van der Waals surface area contributed by atoms with Crippen LogP contribution in [0.1, 0.15) is 16.8 Å². The lowest BCUT2D eigenvalue weighted by molar-refractivity contribution is -0.116. The number of nitrogens with one attached hydrogen (secondary N) is 2. The number of hydrogen-bond donors (Lipinski definition) is 2. The zero-order valence-electron chi connectivity index (χ0n) is 11.6. The molecule has 0 fully saturated rings. The van der Waals surface area contributed by atoms with Crippen molar-refractivity contribution in [3.05, 3.63) is 62.1 Å². The predicted molar refractivity (Wildman–Crippen MR) is 98.9 cm³/mol. The normalized spacial score (nSPS) is 10.1. The van der Waals surface area contributed by atoms with E-state index in [0.29, 0.717) is 12.1 Å². The third-order valence-electron chi connectivity index (χ3n) is 2.87. The first kappa shape index (κ1) is 17.0. The van der Waals surface area contributed by atoms with Gasteiger partial charge >= 0.3 is 0 Å². The van der Waals surface area contributed by atoms with Gasteiger partial charge in [0.05, 0.1) is 0 Å². The summed E-state index contributed by atoms with van der Waals surface area (Å²) in [6.07, 6.45) is 0.230. The minimum absolute atomic E-state index is 0.127. The van der Waals surface area contributed by atoms with Crippen molar-refractivity contribution >= 4 is 56.0 Å². The predicted octanol–water partition coefficient (Wildman–Crippen LogP) is 3.81. The van der Waals surface area contributed by atoms with Crippen molar-refractivity contribution in [3.63, 3.8) is 0 Å². The number of halogens is 2. The van der Waals surface area contributed by atoms with Crippen LogP contribution >= 0.6 is 38.5 Å². The maximum Gasteiger partial charge on any atom is 0.251 e. The van der Waals surface area contributed by atoms with Crippen LogP contribution in [0.5, 0.6) is 0 Å². The highest BCUT2D eigenvalue weighted by molar-refractivity contribution is 14.1. The quantitative estimate of drug-likeness (QED) is 0.650. The Hall–Kier alpha value is -1.41. The lowest BCUT2D eigenvalue weighted by Gasteiger charge is -2.07. The van der Waals surface area contributed by atoms with Crippen molar-refractivity contribution in [1.82, 2.24) is 5.32 Å². The molecule has 0 aliphatic carbocycles. The highest BCUT2D eigenvalue weighted by Crippen LogP contribution is 2.12. The van der Waals surface area contributed by atoms with Gasteiger partial charge in [-0.3, -0.25) is 9.59 Å². The van der Waals surface area contributed by atoms with Gasteiger partial charge in [0.25, 0.3) is 5.91 Å². The molecule has 2 amide bonds. The molecule has 2 rings (SSSR count). The van der Waals surface area contributed by atoms with Crippen LogP contribution in [0.25, 0.3) is 0 Å². The third-order valence-corrected chi connectivity index (χ3v) is 4.12. The smallest absolute Gasteiger partial charge is 0.251 e. The molecule has 2 N–H and O–H groups in total. The van der Waals surface area contributed by atoms with Gasteiger partial charge < -0.3 is 10.6 Å². The van der Waals surface area contributed by atoms with Gasteiger partial charge in [-0.1, -0.05) is 15.9 Å². The van der Waals surface area contributed by atoms with Crippen LogP contribution in [-0.4, -0.2) is 18.4 Å². The number of amides is 2. The van der Waals surface area contributed by atoms with Gasteiger partial charge in [-0.15, -0.1) is 0 Å². The number of hydrogen-bond acceptors (Lipinski definition) is 2. The van der Waals surface area contributed by atoms with Crippen LogP contribution < -0.4 is 10.6 Å². The molecule has 0 atom stereocenters. The zero-order valence-corrected chi connectivity index (χ0v) is 15.3. The van der Waals surface area contributed by atoms with E-state index in [9.17, 15) is 9.59 Å². The SMILES string of the molecule is O=C(CCNC(=O)c1ccc(Br)cc1)Nc1ccc(I)cc1. The molecular formula is C16H14BrIN2O2. The minimum Gasteiger partial charge on any atom is -0.352 e. The summed E-state index contributed by atoms with van der Waals surface area (Å²) in [5.41, 5.74) is 1.32. The Morgan fingerprint density at radius 3 is 2.27 bits per heavy atom. The van der Waals surface area contributed by atoms with Crippen molar-refractivity contribution in [2.45, 2.75) is 6.42 Å². The maximum atomic E-state index is 11.9. The summed E-state index contributed by atoms with van der Waals surface area (Å²) in [6, 6.07) is 14.6. The number of carbonyl (C=O) groups is 2. The second-order valence-corrected chi connectivity index (χ2v) is 6.73. The average molecular weight is 473 g/mol. The molecule has 22 heavy (non-hydrogen) atoms. The summed E-state index contributed by atoms with van der Waals surface area (Å²) < 4.78 is 2.03. The van der Waals surface area contributed by atoms with E-state index in [1.165, 1.54) is 0 Å². The monoisotopic (exact) mass is 472 g/mol. The summed E-state index contributed by atoms with van der Waals surface area (Å²) in [4.78, 5) is 23.7. The number of benzene rings is 2. The molecular weight excluding hydrogens is 459 g/mol. The van der Waals surface area contributed by atoms with E-state index in [-0.39, 0.29) is 18.2 Å². The van der Waals surface area contributed by atoms with E-state index < -0.39 is 0 Å². The van der Waals surface area contributed by atoms with Gasteiger partial charge in [0, 0.05) is 32.3 Å². The maximum absolute atomic E-state index is 11.9. The molecule has 6 heteroatoms. The topological polar surface area (TPSA) is 58.2 Å². The Morgan fingerprint density at radius 2 is 1.64 bits per heavy atom. The van der Waals surface area contributed by atoms with Crippen molar-refractivity contribution in [2.24, 2.45) is 0 Å². The number of anilines is 1. The molecule has 0 aliphatic heterocycles. The highest BCUT2D eigenvalue weighted by Gasteiger charge is 2.07. The molecule has 0 saturated heterocycles. The van der Waals surface area contributed by atoms with E-state index in [4.69, 9.17) is 0 Å². The molecule has 0 unspecified atom stereocenters. The van der Waals surface area contributed by atoms with Gasteiger partial charge in [-0.25, -0.2) is 0 Å². The lowest BCUT2D eigenvalue weighted by Crippen LogP contribution is -2.27. The van der Waals surface area contributed by atoms with E-state index in [2.05, 4.69) is 49.2 Å². The van der Waals surface area contributed by atoms with Crippen molar-refractivity contribution in [2.75, 3.05) is 11.9 Å². The average Bonchev–Trinajstić information content (AvgIpc) is 2.50. The van der Waals surface area contributed by atoms with Crippen LogP contribution in [0, 0.1) is 3.57 Å². The highest BCUT2D eigenvalue weighted by atomic mass is 127. The van der Waals surface area contributed by atoms with Gasteiger partial charge in [0.2, 0.25) is 5.91 Å².